The average molecular weight is 196 g/mol. The van der Waals surface area contributed by atoms with Gasteiger partial charge in [-0.05, 0) is 0 Å². The summed E-state index contributed by atoms with van der Waals surface area (Å²) < 4.78 is 4.64. The zero-order chi connectivity index (χ0) is 2.71. The standard InChI is InChI=1S/Ag.2ClH.H2N/h;2*1H;1H2/q+2;;;-1/p-1. The van der Waals surface area contributed by atoms with E-state index in [1.807, 2.05) is 0 Å². The van der Waals surface area contributed by atoms with Gasteiger partial charge < -0.3 is 0 Å². The van der Waals surface area contributed by atoms with E-state index in [0.717, 1.165) is 0 Å². The molecule has 1 nitrogen and oxygen atoms in total. The molecular weight excluding hydrogens is 193 g/mol. The Morgan fingerprint density at radius 1 is 1.75 bits per heavy atom. The summed E-state index contributed by atoms with van der Waals surface area (Å²) in [6.07, 6.45) is 0. The molecule has 0 amide bonds. The van der Waals surface area contributed by atoms with Crippen molar-refractivity contribution in [1.29, 1.82) is 0 Å². The molecule has 33 valence electrons. The Balaban J connectivity index is 0. The summed E-state index contributed by atoms with van der Waals surface area (Å²) in [5, 5.41) is 0. The van der Waals surface area contributed by atoms with Gasteiger partial charge in [-0.25, -0.2) is 0 Å². The van der Waals surface area contributed by atoms with Crippen LogP contribution in [-0.2, 0) is 18.9 Å². The van der Waals surface area contributed by atoms with E-state index < -0.39 is 0 Å². The van der Waals surface area contributed by atoms with E-state index in [9.17, 15) is 0 Å². The molecule has 0 unspecified atom stereocenters. The molecule has 4 heavy (non-hydrogen) atoms. The first-order chi connectivity index (χ1) is 1.41. The monoisotopic (exact) mass is 194 g/mol. The van der Waals surface area contributed by atoms with Gasteiger partial charge in [0.25, 0.3) is 0 Å². The number of hydrogen-bond donors (Lipinski definition) is 1. The van der Waals surface area contributed by atoms with Gasteiger partial charge in [-0.3, -0.25) is 0 Å². The molecule has 0 aliphatic heterocycles. The van der Waals surface area contributed by atoms with Gasteiger partial charge in [0, 0.05) is 0 Å². The molecule has 0 aromatic carbocycles. The van der Waals surface area contributed by atoms with Crippen molar-refractivity contribution in [3.05, 3.63) is 0 Å². The van der Waals surface area contributed by atoms with E-state index in [1.165, 1.54) is 0 Å². The Morgan fingerprint density at radius 3 is 1.75 bits per heavy atom. The van der Waals surface area contributed by atoms with Crippen LogP contribution in [0.3, 0.4) is 0 Å². The van der Waals surface area contributed by atoms with E-state index in [2.05, 4.69) is 4.14 Å². The molecule has 0 spiro atoms. The van der Waals surface area contributed by atoms with E-state index in [1.54, 1.807) is 0 Å². The van der Waals surface area contributed by atoms with Crippen LogP contribution in [0.5, 0.6) is 0 Å². The summed E-state index contributed by atoms with van der Waals surface area (Å²) in [7, 11) is 4.81. The van der Waals surface area contributed by atoms with Gasteiger partial charge in [-0.1, -0.05) is 0 Å². The summed E-state index contributed by atoms with van der Waals surface area (Å²) in [6.45, 7) is 0. The number of nitrogens with two attached hydrogens (primary N) is 1. The minimum atomic E-state index is 0. The van der Waals surface area contributed by atoms with Crippen LogP contribution in [-0.4, -0.2) is 0 Å². The van der Waals surface area contributed by atoms with Crippen molar-refractivity contribution < 1.29 is 18.9 Å². The number of halogens is 2. The molecule has 0 saturated carbocycles. The van der Waals surface area contributed by atoms with Gasteiger partial charge in [0.2, 0.25) is 0 Å². The van der Waals surface area contributed by atoms with Crippen LogP contribution in [0.4, 0.5) is 0 Å². The molecule has 2 N–H and O–H groups in total. The number of hydrogen-bond acceptors (Lipinski definition) is 1. The Morgan fingerprint density at radius 2 is 1.75 bits per heavy atom. The van der Waals surface area contributed by atoms with Gasteiger partial charge in [-0.15, -0.1) is 12.4 Å². The minimum absolute atomic E-state index is 0. The van der Waals surface area contributed by atoms with Crippen LogP contribution in [0.25, 0.3) is 0 Å². The Bertz CT molecular complexity index is 6.00. The average Bonchev–Trinajstić information content (AvgIpc) is 0.918. The summed E-state index contributed by atoms with van der Waals surface area (Å²) in [6, 6.07) is 0. The third-order valence-corrected chi connectivity index (χ3v) is 0. The van der Waals surface area contributed by atoms with Crippen LogP contribution in [0, 0.1) is 0 Å². The predicted molar refractivity (Wildman–Crippen MR) is 17.3 cm³/mol. The molecule has 0 atom stereocenters. The fraction of sp³-hybridized carbons (Fsp3) is 0. The maximum absolute atomic E-state index is 4.81. The Kier molecular flexibility index (Phi) is 19.9. The molecule has 0 aromatic heterocycles. The second-order valence-electron chi connectivity index (χ2n) is 0.0658. The summed E-state index contributed by atoms with van der Waals surface area (Å²) in [4.78, 5) is 0. The Labute approximate surface area is 44.8 Å². The van der Waals surface area contributed by atoms with E-state index in [-0.39, 0.29) is 31.3 Å². The van der Waals surface area contributed by atoms with E-state index in [0.29, 0.717) is 0 Å². The zero-order valence-electron chi connectivity index (χ0n) is 1.67. The summed E-state index contributed by atoms with van der Waals surface area (Å²) in [5.41, 5.74) is 0. The molecule has 0 aromatic rings. The van der Waals surface area contributed by atoms with Gasteiger partial charge in [0.05, 0.1) is 0 Å². The Hall–Kier alpha value is 1.28. The van der Waals surface area contributed by atoms with E-state index in [4.69, 9.17) is 9.19 Å². The van der Waals surface area contributed by atoms with Crippen LogP contribution in [0.1, 0.15) is 0 Å². The maximum atomic E-state index is 4.81. The van der Waals surface area contributed by atoms with Crippen molar-refractivity contribution in [3.63, 3.8) is 0 Å². The third-order valence-electron chi connectivity index (χ3n) is 0. The number of rotatable bonds is 0. The molecular formula is H3AgCl2N. The molecule has 0 fully saturated rings. The quantitative estimate of drug-likeness (QED) is 0.561. The topological polar surface area (TPSA) is 26.0 Å². The van der Waals surface area contributed by atoms with Crippen LogP contribution < -0.4 is 4.14 Å². The molecule has 0 aliphatic rings. The molecule has 0 saturated heterocycles. The normalized spacial score (nSPS) is 5.50. The van der Waals surface area contributed by atoms with Gasteiger partial charge in [-0.2, -0.15) is 0 Å². The van der Waals surface area contributed by atoms with Crippen molar-refractivity contribution in [2.24, 2.45) is 4.14 Å². The van der Waals surface area contributed by atoms with Gasteiger partial charge in [0.15, 0.2) is 0 Å². The first kappa shape index (κ1) is 8.99. The van der Waals surface area contributed by atoms with Crippen molar-refractivity contribution in [2.75, 3.05) is 0 Å². The first-order valence-electron chi connectivity index (χ1n) is 0.288. The molecule has 0 radical (unpaired) electrons. The molecule has 0 heterocycles. The van der Waals surface area contributed by atoms with Gasteiger partial charge in [0.1, 0.15) is 0 Å². The second-order valence-corrected chi connectivity index (χ2v) is 1.17. The van der Waals surface area contributed by atoms with Gasteiger partial charge >= 0.3 is 32.3 Å². The fourth-order valence-corrected chi connectivity index (χ4v) is 0. The van der Waals surface area contributed by atoms with E-state index >= 15 is 0 Å². The van der Waals surface area contributed by atoms with Crippen LogP contribution in [0.2, 0.25) is 0 Å². The van der Waals surface area contributed by atoms with Crippen LogP contribution >= 0.6 is 21.6 Å². The second kappa shape index (κ2) is 8.86. The van der Waals surface area contributed by atoms with Crippen molar-refractivity contribution in [3.8, 4) is 0 Å². The SMILES string of the molecule is Cl.[NH2][Ag][Cl]. The molecule has 0 aliphatic carbocycles. The summed E-state index contributed by atoms with van der Waals surface area (Å²) in [5.74, 6) is 0. The molecule has 0 bridgehead atoms. The fourth-order valence-electron chi connectivity index (χ4n) is 0. The first-order valence-corrected chi connectivity index (χ1v) is 3.05. The predicted octanol–water partition coefficient (Wildman–Crippen LogP) is 0.518. The molecule has 4 heteroatoms. The summed E-state index contributed by atoms with van der Waals surface area (Å²) >= 11 is 0.0422. The van der Waals surface area contributed by atoms with Crippen molar-refractivity contribution in [1.82, 2.24) is 0 Å². The third kappa shape index (κ3) is 10.4. The van der Waals surface area contributed by atoms with Crippen molar-refractivity contribution in [2.45, 2.75) is 0 Å². The zero-order valence-corrected chi connectivity index (χ0v) is 4.72. The molecule has 0 rings (SSSR count). The van der Waals surface area contributed by atoms with Crippen LogP contribution in [0.15, 0.2) is 0 Å². The van der Waals surface area contributed by atoms with Crippen molar-refractivity contribution >= 4 is 21.6 Å².